The van der Waals surface area contributed by atoms with Crippen molar-refractivity contribution in [2.24, 2.45) is 5.73 Å². The number of carbonyl (C=O) groups is 3. The van der Waals surface area contributed by atoms with Gasteiger partial charge in [0, 0.05) is 32.5 Å². The van der Waals surface area contributed by atoms with Gasteiger partial charge in [0.1, 0.15) is 5.78 Å². The number of rotatable bonds is 18. The van der Waals surface area contributed by atoms with E-state index in [4.69, 9.17) is 5.73 Å². The van der Waals surface area contributed by atoms with Gasteiger partial charge in [-0.15, -0.1) is 0 Å². The molecule has 11 nitrogen and oxygen atoms in total. The molecule has 0 heterocycles. The summed E-state index contributed by atoms with van der Waals surface area (Å²) in [6, 6.07) is 9.17. The fraction of sp³-hybridized carbons (Fsp3) is 0.516. The SMILES string of the molecule is CC(C)=O.NCCCN(CCCCNCCCNC(=O)CCc1ccc(O)c(O)c1)C(=O)CCc1ccc(O)c(O)c1. The topological polar surface area (TPSA) is 185 Å². The molecule has 0 saturated carbocycles. The summed E-state index contributed by atoms with van der Waals surface area (Å²) in [6.07, 6.45) is 4.96. The monoisotopic (exact) mass is 588 g/mol. The molecule has 0 saturated heterocycles. The average molecular weight is 589 g/mol. The van der Waals surface area contributed by atoms with Crippen LogP contribution in [0.2, 0.25) is 0 Å². The second kappa shape index (κ2) is 21.0. The van der Waals surface area contributed by atoms with E-state index in [1.807, 2.05) is 4.90 Å². The molecule has 2 amide bonds. The van der Waals surface area contributed by atoms with Crippen molar-refractivity contribution in [3.05, 3.63) is 47.5 Å². The molecule has 0 radical (unpaired) electrons. The van der Waals surface area contributed by atoms with Crippen molar-refractivity contribution in [1.29, 1.82) is 0 Å². The van der Waals surface area contributed by atoms with Gasteiger partial charge in [-0.05, 0) is 107 Å². The van der Waals surface area contributed by atoms with E-state index in [0.717, 1.165) is 49.9 Å². The molecule has 0 spiro atoms. The standard InChI is InChI=1S/C28H42N4O6.C3H6O/c29-13-3-18-32(28(38)12-8-22-6-10-24(34)26(36)20-22)17-2-1-14-30-15-4-16-31-27(37)11-7-21-5-9-23(33)25(35)19-21;1-3(2)4/h5-6,9-10,19-20,30,33-36H,1-4,7-8,11-18,29H2,(H,31,37);1-2H3. The number of nitrogens with two attached hydrogens (primary N) is 1. The smallest absolute Gasteiger partial charge is 0.222 e. The minimum Gasteiger partial charge on any atom is -0.504 e. The second-order valence-corrected chi connectivity index (χ2v) is 10.2. The Hall–Kier alpha value is -3.83. The average Bonchev–Trinajstić information content (AvgIpc) is 2.94. The summed E-state index contributed by atoms with van der Waals surface area (Å²) in [5, 5.41) is 44.1. The predicted octanol–water partition coefficient (Wildman–Crippen LogP) is 2.72. The molecule has 0 aliphatic rings. The molecular formula is C31H48N4O7. The fourth-order valence-electron chi connectivity index (χ4n) is 3.97. The van der Waals surface area contributed by atoms with Gasteiger partial charge in [0.05, 0.1) is 0 Å². The molecule has 0 aromatic heterocycles. The minimum absolute atomic E-state index is 0.0527. The van der Waals surface area contributed by atoms with Crippen LogP contribution in [0.1, 0.15) is 63.5 Å². The molecule has 0 fully saturated rings. The van der Waals surface area contributed by atoms with Crippen molar-refractivity contribution < 1.29 is 34.8 Å². The third kappa shape index (κ3) is 16.4. The van der Waals surface area contributed by atoms with Crippen molar-refractivity contribution in [3.63, 3.8) is 0 Å². The number of nitrogens with zero attached hydrogens (tertiary/aromatic N) is 1. The minimum atomic E-state index is -0.184. The summed E-state index contributed by atoms with van der Waals surface area (Å²) >= 11 is 0. The third-order valence-electron chi connectivity index (χ3n) is 6.22. The number of hydrogen-bond acceptors (Lipinski definition) is 9. The maximum absolute atomic E-state index is 12.7. The number of Topliss-reactive ketones (excluding diaryl/α,β-unsaturated/α-hetero) is 1. The zero-order chi connectivity index (χ0) is 31.3. The van der Waals surface area contributed by atoms with Crippen LogP contribution in [0.15, 0.2) is 36.4 Å². The van der Waals surface area contributed by atoms with Crippen LogP contribution in [0.5, 0.6) is 23.0 Å². The molecule has 234 valence electrons. The maximum Gasteiger partial charge on any atom is 0.222 e. The van der Waals surface area contributed by atoms with E-state index in [2.05, 4.69) is 10.6 Å². The van der Waals surface area contributed by atoms with Crippen LogP contribution in [-0.2, 0) is 27.2 Å². The number of amides is 2. The highest BCUT2D eigenvalue weighted by Gasteiger charge is 2.13. The lowest BCUT2D eigenvalue weighted by atomic mass is 10.1. The van der Waals surface area contributed by atoms with Gasteiger partial charge in [-0.1, -0.05) is 12.1 Å². The van der Waals surface area contributed by atoms with Crippen LogP contribution in [0.25, 0.3) is 0 Å². The van der Waals surface area contributed by atoms with E-state index in [9.17, 15) is 34.8 Å². The molecule has 0 unspecified atom stereocenters. The first-order valence-electron chi connectivity index (χ1n) is 14.5. The summed E-state index contributed by atoms with van der Waals surface area (Å²) < 4.78 is 0. The fourth-order valence-corrected chi connectivity index (χ4v) is 3.97. The Labute approximate surface area is 248 Å². The first kappa shape index (κ1) is 36.2. The zero-order valence-corrected chi connectivity index (χ0v) is 24.9. The van der Waals surface area contributed by atoms with Gasteiger partial charge in [-0.25, -0.2) is 0 Å². The zero-order valence-electron chi connectivity index (χ0n) is 24.9. The van der Waals surface area contributed by atoms with Crippen LogP contribution >= 0.6 is 0 Å². The molecule has 2 aromatic carbocycles. The molecule has 2 aromatic rings. The molecule has 0 aliphatic heterocycles. The summed E-state index contributed by atoms with van der Waals surface area (Å²) in [5.74, 6) is -0.548. The summed E-state index contributed by atoms with van der Waals surface area (Å²) in [7, 11) is 0. The van der Waals surface area contributed by atoms with Gasteiger partial charge in [0.15, 0.2) is 23.0 Å². The highest BCUT2D eigenvalue weighted by atomic mass is 16.3. The van der Waals surface area contributed by atoms with Crippen molar-refractivity contribution in [2.75, 3.05) is 39.3 Å². The quantitative estimate of drug-likeness (QED) is 0.102. The largest absolute Gasteiger partial charge is 0.504 e. The Bertz CT molecular complexity index is 1110. The molecule has 0 aliphatic carbocycles. The Morgan fingerprint density at radius 3 is 1.79 bits per heavy atom. The van der Waals surface area contributed by atoms with Crippen molar-refractivity contribution in [2.45, 2.75) is 65.2 Å². The molecule has 11 heteroatoms. The summed E-state index contributed by atoms with van der Waals surface area (Å²) in [5.41, 5.74) is 7.22. The van der Waals surface area contributed by atoms with Gasteiger partial charge in [0.25, 0.3) is 0 Å². The lowest BCUT2D eigenvalue weighted by Gasteiger charge is -2.23. The van der Waals surface area contributed by atoms with Crippen molar-refractivity contribution in [3.8, 4) is 23.0 Å². The van der Waals surface area contributed by atoms with E-state index in [1.165, 1.54) is 38.1 Å². The number of phenols is 4. The van der Waals surface area contributed by atoms with Crippen molar-refractivity contribution >= 4 is 17.6 Å². The van der Waals surface area contributed by atoms with Crippen LogP contribution < -0.4 is 16.4 Å². The number of hydrogen-bond donors (Lipinski definition) is 7. The molecule has 8 N–H and O–H groups in total. The number of nitrogens with one attached hydrogen (secondary N) is 2. The number of aromatic hydroxyl groups is 4. The Kier molecular flexibility index (Phi) is 18.1. The molecule has 42 heavy (non-hydrogen) atoms. The highest BCUT2D eigenvalue weighted by Crippen LogP contribution is 2.26. The summed E-state index contributed by atoms with van der Waals surface area (Å²) in [6.45, 7) is 7.04. The molecule has 2 rings (SSSR count). The molecular weight excluding hydrogens is 540 g/mol. The van der Waals surface area contributed by atoms with Gasteiger partial charge in [-0.3, -0.25) is 9.59 Å². The second-order valence-electron chi connectivity index (χ2n) is 10.2. The van der Waals surface area contributed by atoms with Crippen LogP contribution in [-0.4, -0.2) is 82.2 Å². The van der Waals surface area contributed by atoms with Gasteiger partial charge in [-0.2, -0.15) is 0 Å². The predicted molar refractivity (Wildman–Crippen MR) is 163 cm³/mol. The van der Waals surface area contributed by atoms with E-state index in [-0.39, 0.29) is 40.6 Å². The highest BCUT2D eigenvalue weighted by molar-refractivity contribution is 5.76. The van der Waals surface area contributed by atoms with Gasteiger partial charge < -0.3 is 46.5 Å². The number of carbonyl (C=O) groups excluding carboxylic acids is 3. The lowest BCUT2D eigenvalue weighted by molar-refractivity contribution is -0.131. The molecule has 0 bridgehead atoms. The van der Waals surface area contributed by atoms with Crippen molar-refractivity contribution in [1.82, 2.24) is 15.5 Å². The third-order valence-corrected chi connectivity index (χ3v) is 6.22. The first-order valence-corrected chi connectivity index (χ1v) is 14.5. The Morgan fingerprint density at radius 2 is 1.24 bits per heavy atom. The van der Waals surface area contributed by atoms with Gasteiger partial charge >= 0.3 is 0 Å². The molecule has 0 atom stereocenters. The summed E-state index contributed by atoms with van der Waals surface area (Å²) in [4.78, 5) is 36.0. The van der Waals surface area contributed by atoms with E-state index < -0.39 is 0 Å². The van der Waals surface area contributed by atoms with E-state index in [1.54, 1.807) is 12.1 Å². The normalized spacial score (nSPS) is 10.5. The number of phenolic OH excluding ortho intramolecular Hbond substituents is 4. The maximum atomic E-state index is 12.7. The Morgan fingerprint density at radius 1 is 0.714 bits per heavy atom. The van der Waals surface area contributed by atoms with E-state index >= 15 is 0 Å². The first-order chi connectivity index (χ1) is 20.0. The number of benzene rings is 2. The van der Waals surface area contributed by atoms with E-state index in [0.29, 0.717) is 51.9 Å². The van der Waals surface area contributed by atoms with Crippen LogP contribution in [0.3, 0.4) is 0 Å². The number of ketones is 1. The Balaban J connectivity index is 0.00000206. The number of unbranched alkanes of at least 4 members (excludes halogenated alkanes) is 1. The van der Waals surface area contributed by atoms with Crippen LogP contribution in [0, 0.1) is 0 Å². The lowest BCUT2D eigenvalue weighted by Crippen LogP contribution is -2.34. The van der Waals surface area contributed by atoms with Crippen LogP contribution in [0.4, 0.5) is 0 Å². The van der Waals surface area contributed by atoms with Gasteiger partial charge in [0.2, 0.25) is 11.8 Å². The number of aryl methyl sites for hydroxylation is 2.